The molecule has 0 radical (unpaired) electrons. The van der Waals surface area contributed by atoms with Crippen LogP contribution >= 0.6 is 11.6 Å². The number of benzene rings is 1. The standard InChI is InChI=1S/C15H14ClN/c16-12-5-1-4-11(10-12)13-6-2-8-15-14(13)7-3-9-17-15/h2-3,6-10,12H,1,4-5H2. The summed E-state index contributed by atoms with van der Waals surface area (Å²) in [7, 11) is 0. The Morgan fingerprint density at radius 1 is 1.18 bits per heavy atom. The van der Waals surface area contributed by atoms with E-state index in [-0.39, 0.29) is 5.38 Å². The van der Waals surface area contributed by atoms with Crippen LogP contribution in [0, 0.1) is 0 Å². The number of halogens is 1. The van der Waals surface area contributed by atoms with Gasteiger partial charge in [0, 0.05) is 11.6 Å². The summed E-state index contributed by atoms with van der Waals surface area (Å²) in [6.07, 6.45) is 7.43. The van der Waals surface area contributed by atoms with Gasteiger partial charge in [-0.15, -0.1) is 11.6 Å². The highest BCUT2D eigenvalue weighted by molar-refractivity contribution is 6.22. The summed E-state index contributed by atoms with van der Waals surface area (Å²) in [5, 5.41) is 1.41. The topological polar surface area (TPSA) is 12.9 Å². The van der Waals surface area contributed by atoms with Gasteiger partial charge in [-0.1, -0.05) is 24.3 Å². The van der Waals surface area contributed by atoms with Gasteiger partial charge in [0.1, 0.15) is 0 Å². The second-order valence-corrected chi connectivity index (χ2v) is 5.04. The number of allylic oxidation sites excluding steroid dienone is 2. The summed E-state index contributed by atoms with van der Waals surface area (Å²) in [6.45, 7) is 0. The van der Waals surface area contributed by atoms with Gasteiger partial charge in [0.15, 0.2) is 0 Å². The number of fused-ring (bicyclic) bond motifs is 1. The summed E-state index contributed by atoms with van der Waals surface area (Å²) >= 11 is 6.22. The Kier molecular flexibility index (Phi) is 2.86. The number of alkyl halides is 1. The van der Waals surface area contributed by atoms with Gasteiger partial charge in [-0.25, -0.2) is 0 Å². The van der Waals surface area contributed by atoms with Crippen molar-refractivity contribution >= 4 is 28.1 Å². The average molecular weight is 244 g/mol. The lowest BCUT2D eigenvalue weighted by atomic mass is 9.91. The highest BCUT2D eigenvalue weighted by atomic mass is 35.5. The van der Waals surface area contributed by atoms with Gasteiger partial charge in [0.05, 0.1) is 10.9 Å². The quantitative estimate of drug-likeness (QED) is 0.676. The van der Waals surface area contributed by atoms with E-state index in [0.717, 1.165) is 18.4 Å². The number of rotatable bonds is 1. The molecule has 0 spiro atoms. The Balaban J connectivity index is 2.17. The summed E-state index contributed by atoms with van der Waals surface area (Å²) in [5.41, 5.74) is 3.72. The molecule has 0 bridgehead atoms. The van der Waals surface area contributed by atoms with Crippen molar-refractivity contribution < 1.29 is 0 Å². The van der Waals surface area contributed by atoms with E-state index in [1.54, 1.807) is 0 Å². The molecule has 1 unspecified atom stereocenters. The molecule has 1 aromatic heterocycles. The molecule has 1 aliphatic rings. The van der Waals surface area contributed by atoms with Crippen molar-refractivity contribution in [2.75, 3.05) is 0 Å². The number of nitrogens with zero attached hydrogens (tertiary/aromatic N) is 1. The predicted octanol–water partition coefficient (Wildman–Crippen LogP) is 4.41. The Labute approximate surface area is 106 Å². The summed E-state index contributed by atoms with van der Waals surface area (Å²) in [5.74, 6) is 0. The Morgan fingerprint density at radius 3 is 3.00 bits per heavy atom. The molecule has 2 heteroatoms. The normalized spacial score (nSPS) is 20.3. The van der Waals surface area contributed by atoms with Crippen LogP contribution in [-0.2, 0) is 0 Å². The lowest BCUT2D eigenvalue weighted by Gasteiger charge is -2.17. The lowest BCUT2D eigenvalue weighted by molar-refractivity contribution is 0.748. The molecule has 1 nitrogen and oxygen atoms in total. The van der Waals surface area contributed by atoms with Crippen LogP contribution < -0.4 is 0 Å². The molecule has 86 valence electrons. The maximum absolute atomic E-state index is 6.22. The summed E-state index contributed by atoms with van der Waals surface area (Å²) in [6, 6.07) is 10.4. The number of hydrogen-bond acceptors (Lipinski definition) is 1. The molecule has 0 saturated heterocycles. The van der Waals surface area contributed by atoms with Gasteiger partial charge >= 0.3 is 0 Å². The van der Waals surface area contributed by atoms with Gasteiger partial charge in [-0.05, 0) is 42.5 Å². The lowest BCUT2D eigenvalue weighted by Crippen LogP contribution is -2.03. The maximum atomic E-state index is 6.22. The zero-order chi connectivity index (χ0) is 11.7. The minimum absolute atomic E-state index is 0.186. The van der Waals surface area contributed by atoms with Crippen LogP contribution in [-0.4, -0.2) is 10.4 Å². The van der Waals surface area contributed by atoms with Crippen molar-refractivity contribution in [1.82, 2.24) is 4.98 Å². The first-order valence-corrected chi connectivity index (χ1v) is 6.47. The molecule has 0 saturated carbocycles. The molecular formula is C15H14ClN. The largest absolute Gasteiger partial charge is 0.256 e. The Hall–Kier alpha value is -1.34. The molecule has 17 heavy (non-hydrogen) atoms. The Bertz CT molecular complexity index is 569. The highest BCUT2D eigenvalue weighted by Gasteiger charge is 2.14. The van der Waals surface area contributed by atoms with Crippen molar-refractivity contribution in [2.45, 2.75) is 24.6 Å². The average Bonchev–Trinajstić information content (AvgIpc) is 2.38. The second-order valence-electron chi connectivity index (χ2n) is 4.48. The first-order chi connectivity index (χ1) is 8.34. The summed E-state index contributed by atoms with van der Waals surface area (Å²) < 4.78 is 0. The van der Waals surface area contributed by atoms with Crippen LogP contribution in [0.5, 0.6) is 0 Å². The smallest absolute Gasteiger partial charge is 0.0708 e. The first kappa shape index (κ1) is 10.8. The molecule has 0 aliphatic heterocycles. The van der Waals surface area contributed by atoms with Gasteiger partial charge in [0.2, 0.25) is 0 Å². The third kappa shape index (κ3) is 2.07. The highest BCUT2D eigenvalue weighted by Crippen LogP contribution is 2.32. The van der Waals surface area contributed by atoms with E-state index >= 15 is 0 Å². The summed E-state index contributed by atoms with van der Waals surface area (Å²) in [4.78, 5) is 4.40. The third-order valence-electron chi connectivity index (χ3n) is 3.30. The Morgan fingerprint density at radius 2 is 2.12 bits per heavy atom. The van der Waals surface area contributed by atoms with Crippen LogP contribution in [0.3, 0.4) is 0 Å². The molecule has 1 atom stereocenters. The van der Waals surface area contributed by atoms with Crippen LogP contribution in [0.25, 0.3) is 16.5 Å². The van der Waals surface area contributed by atoms with E-state index in [1.165, 1.54) is 22.9 Å². The van der Waals surface area contributed by atoms with Crippen molar-refractivity contribution in [3.8, 4) is 0 Å². The van der Waals surface area contributed by atoms with Crippen molar-refractivity contribution in [3.63, 3.8) is 0 Å². The fourth-order valence-corrected chi connectivity index (χ4v) is 2.79. The molecule has 3 rings (SSSR count). The van der Waals surface area contributed by atoms with Crippen molar-refractivity contribution in [1.29, 1.82) is 0 Å². The number of pyridine rings is 1. The van der Waals surface area contributed by atoms with Gasteiger partial charge in [0.25, 0.3) is 0 Å². The van der Waals surface area contributed by atoms with E-state index in [4.69, 9.17) is 11.6 Å². The second kappa shape index (κ2) is 4.50. The van der Waals surface area contributed by atoms with E-state index < -0.39 is 0 Å². The molecular weight excluding hydrogens is 230 g/mol. The van der Waals surface area contributed by atoms with E-state index in [2.05, 4.69) is 35.3 Å². The predicted molar refractivity (Wildman–Crippen MR) is 73.2 cm³/mol. The van der Waals surface area contributed by atoms with Crippen molar-refractivity contribution in [2.24, 2.45) is 0 Å². The third-order valence-corrected chi connectivity index (χ3v) is 3.64. The molecule has 1 heterocycles. The van der Waals surface area contributed by atoms with E-state index in [9.17, 15) is 0 Å². The number of aromatic nitrogens is 1. The van der Waals surface area contributed by atoms with Crippen LogP contribution in [0.2, 0.25) is 0 Å². The van der Waals surface area contributed by atoms with Crippen LogP contribution in [0.15, 0.2) is 42.6 Å². The minimum Gasteiger partial charge on any atom is -0.256 e. The molecule has 2 aromatic rings. The molecule has 0 N–H and O–H groups in total. The molecule has 1 aromatic carbocycles. The van der Waals surface area contributed by atoms with Crippen molar-refractivity contribution in [3.05, 3.63) is 48.2 Å². The van der Waals surface area contributed by atoms with Crippen LogP contribution in [0.1, 0.15) is 24.8 Å². The van der Waals surface area contributed by atoms with Gasteiger partial charge in [-0.2, -0.15) is 0 Å². The number of hydrogen-bond donors (Lipinski definition) is 0. The fourth-order valence-electron chi connectivity index (χ4n) is 2.48. The SMILES string of the molecule is ClC1C=C(c2cccc3ncccc23)CCC1. The fraction of sp³-hybridized carbons (Fsp3) is 0.267. The zero-order valence-electron chi connectivity index (χ0n) is 9.57. The molecule has 1 aliphatic carbocycles. The molecule has 0 fully saturated rings. The monoisotopic (exact) mass is 243 g/mol. The first-order valence-electron chi connectivity index (χ1n) is 6.03. The van der Waals surface area contributed by atoms with Gasteiger partial charge < -0.3 is 0 Å². The minimum atomic E-state index is 0.186. The zero-order valence-corrected chi connectivity index (χ0v) is 10.3. The molecule has 0 amide bonds. The van der Waals surface area contributed by atoms with E-state index in [1.807, 2.05) is 12.3 Å². The van der Waals surface area contributed by atoms with Gasteiger partial charge in [-0.3, -0.25) is 4.98 Å². The van der Waals surface area contributed by atoms with Crippen LogP contribution in [0.4, 0.5) is 0 Å². The maximum Gasteiger partial charge on any atom is 0.0708 e. The van der Waals surface area contributed by atoms with E-state index in [0.29, 0.717) is 0 Å².